The number of nitrogens with two attached hydrogens (primary N) is 1. The van der Waals surface area contributed by atoms with Gasteiger partial charge in [0.05, 0.1) is 5.69 Å². The van der Waals surface area contributed by atoms with E-state index in [0.29, 0.717) is 23.7 Å². The molecule has 0 atom stereocenters. The van der Waals surface area contributed by atoms with E-state index in [2.05, 4.69) is 10.0 Å². The summed E-state index contributed by atoms with van der Waals surface area (Å²) in [6, 6.07) is 6.47. The van der Waals surface area contributed by atoms with Crippen LogP contribution >= 0.6 is 11.8 Å². The van der Waals surface area contributed by atoms with E-state index in [0.717, 1.165) is 24.3 Å². The SMILES string of the molecule is NS(=O)(=O)Nc1cccc(NC(=O)CC2CCSCC2)c1. The molecule has 4 N–H and O–H groups in total. The zero-order chi connectivity index (χ0) is 15.3. The fourth-order valence-electron chi connectivity index (χ4n) is 2.25. The molecule has 1 aliphatic rings. The number of amides is 1. The van der Waals surface area contributed by atoms with Gasteiger partial charge in [-0.1, -0.05) is 6.07 Å². The fraction of sp³-hybridized carbons (Fsp3) is 0.462. The van der Waals surface area contributed by atoms with Crippen molar-refractivity contribution in [3.05, 3.63) is 24.3 Å². The minimum Gasteiger partial charge on any atom is -0.326 e. The van der Waals surface area contributed by atoms with Gasteiger partial charge in [-0.3, -0.25) is 9.52 Å². The van der Waals surface area contributed by atoms with Gasteiger partial charge in [0.25, 0.3) is 10.2 Å². The monoisotopic (exact) mass is 329 g/mol. The van der Waals surface area contributed by atoms with Crippen molar-refractivity contribution in [1.29, 1.82) is 0 Å². The molecule has 0 aliphatic carbocycles. The molecular formula is C13H19N3O3S2. The molecule has 0 radical (unpaired) electrons. The molecule has 2 rings (SSSR count). The van der Waals surface area contributed by atoms with E-state index in [1.165, 1.54) is 0 Å². The van der Waals surface area contributed by atoms with Crippen LogP contribution in [0.1, 0.15) is 19.3 Å². The third-order valence-electron chi connectivity index (χ3n) is 3.22. The molecule has 0 bridgehead atoms. The summed E-state index contributed by atoms with van der Waals surface area (Å²) in [6.45, 7) is 0. The highest BCUT2D eigenvalue weighted by molar-refractivity contribution is 7.99. The number of thioether (sulfide) groups is 1. The first kappa shape index (κ1) is 16.1. The van der Waals surface area contributed by atoms with Crippen molar-refractivity contribution >= 4 is 39.3 Å². The van der Waals surface area contributed by atoms with Gasteiger partial charge in [0.2, 0.25) is 5.91 Å². The topological polar surface area (TPSA) is 101 Å². The highest BCUT2D eigenvalue weighted by atomic mass is 32.2. The van der Waals surface area contributed by atoms with Gasteiger partial charge < -0.3 is 5.32 Å². The smallest absolute Gasteiger partial charge is 0.296 e. The molecular weight excluding hydrogens is 310 g/mol. The van der Waals surface area contributed by atoms with E-state index in [-0.39, 0.29) is 5.91 Å². The first-order valence-electron chi connectivity index (χ1n) is 6.70. The van der Waals surface area contributed by atoms with E-state index >= 15 is 0 Å². The van der Waals surface area contributed by atoms with Gasteiger partial charge in [0, 0.05) is 12.1 Å². The van der Waals surface area contributed by atoms with Crippen LogP contribution in [0.5, 0.6) is 0 Å². The largest absolute Gasteiger partial charge is 0.326 e. The summed E-state index contributed by atoms with van der Waals surface area (Å²) in [5, 5.41) is 7.71. The van der Waals surface area contributed by atoms with Crippen LogP contribution in [-0.4, -0.2) is 25.8 Å². The summed E-state index contributed by atoms with van der Waals surface area (Å²) < 4.78 is 24.1. The maximum Gasteiger partial charge on any atom is 0.296 e. The molecule has 0 unspecified atom stereocenters. The van der Waals surface area contributed by atoms with Crippen LogP contribution in [0.4, 0.5) is 11.4 Å². The van der Waals surface area contributed by atoms with Crippen LogP contribution in [0.15, 0.2) is 24.3 Å². The second-order valence-corrected chi connectivity index (χ2v) is 7.55. The van der Waals surface area contributed by atoms with Crippen molar-refractivity contribution in [3.8, 4) is 0 Å². The summed E-state index contributed by atoms with van der Waals surface area (Å²) in [5.41, 5.74) is 0.878. The second kappa shape index (κ2) is 7.15. The van der Waals surface area contributed by atoms with Gasteiger partial charge in [-0.05, 0) is 48.5 Å². The van der Waals surface area contributed by atoms with Crippen LogP contribution < -0.4 is 15.2 Å². The summed E-state index contributed by atoms with van der Waals surface area (Å²) in [5.74, 6) is 2.63. The first-order chi connectivity index (χ1) is 9.92. The number of nitrogens with one attached hydrogen (secondary N) is 2. The minimum absolute atomic E-state index is 0.0420. The van der Waals surface area contributed by atoms with Gasteiger partial charge in [-0.15, -0.1) is 0 Å². The summed E-state index contributed by atoms with van der Waals surface area (Å²) >= 11 is 1.93. The quantitative estimate of drug-likeness (QED) is 0.766. The average molecular weight is 329 g/mol. The molecule has 0 spiro atoms. The Morgan fingerprint density at radius 2 is 1.95 bits per heavy atom. The molecule has 1 amide bonds. The molecule has 1 heterocycles. The third-order valence-corrected chi connectivity index (χ3v) is 4.79. The number of hydrogen-bond donors (Lipinski definition) is 3. The number of carbonyl (C=O) groups is 1. The van der Waals surface area contributed by atoms with Crippen LogP contribution in [-0.2, 0) is 15.0 Å². The van der Waals surface area contributed by atoms with Gasteiger partial charge in [-0.2, -0.15) is 20.2 Å². The maximum absolute atomic E-state index is 12.0. The molecule has 0 aromatic heterocycles. The normalized spacial score (nSPS) is 16.4. The molecule has 1 aromatic carbocycles. The Balaban J connectivity index is 1.92. The molecule has 116 valence electrons. The van der Waals surface area contributed by atoms with Gasteiger partial charge >= 0.3 is 0 Å². The Kier molecular flexibility index (Phi) is 5.49. The highest BCUT2D eigenvalue weighted by Gasteiger charge is 2.17. The predicted molar refractivity (Wildman–Crippen MR) is 86.5 cm³/mol. The van der Waals surface area contributed by atoms with Gasteiger partial charge in [0.15, 0.2) is 0 Å². The number of carbonyl (C=O) groups excluding carboxylic acids is 1. The fourth-order valence-corrected chi connectivity index (χ4v) is 3.91. The number of hydrogen-bond acceptors (Lipinski definition) is 4. The van der Waals surface area contributed by atoms with Crippen molar-refractivity contribution in [2.45, 2.75) is 19.3 Å². The lowest BCUT2D eigenvalue weighted by Crippen LogP contribution is -2.22. The zero-order valence-corrected chi connectivity index (χ0v) is 13.2. The molecule has 6 nitrogen and oxygen atoms in total. The van der Waals surface area contributed by atoms with Gasteiger partial charge in [0.1, 0.15) is 0 Å². The van der Waals surface area contributed by atoms with E-state index in [9.17, 15) is 13.2 Å². The molecule has 1 fully saturated rings. The Morgan fingerprint density at radius 1 is 1.29 bits per heavy atom. The van der Waals surface area contributed by atoms with E-state index in [1.807, 2.05) is 11.8 Å². The van der Waals surface area contributed by atoms with Crippen molar-refractivity contribution in [1.82, 2.24) is 0 Å². The van der Waals surface area contributed by atoms with Crippen LogP contribution in [0.3, 0.4) is 0 Å². The predicted octanol–water partition coefficient (Wildman–Crippen LogP) is 1.77. The van der Waals surface area contributed by atoms with Crippen molar-refractivity contribution < 1.29 is 13.2 Å². The Labute approximate surface area is 129 Å². The Bertz CT molecular complexity index is 598. The first-order valence-corrected chi connectivity index (χ1v) is 9.41. The standard InChI is InChI=1S/C13H19N3O3S2/c14-21(18,19)16-12-3-1-2-11(9-12)15-13(17)8-10-4-6-20-7-5-10/h1-3,9-10,16H,4-8H2,(H,15,17)(H2,14,18,19). The molecule has 1 aromatic rings. The second-order valence-electron chi connectivity index (χ2n) is 5.04. The van der Waals surface area contributed by atoms with Crippen molar-refractivity contribution in [2.24, 2.45) is 11.1 Å². The maximum atomic E-state index is 12.0. The Morgan fingerprint density at radius 3 is 2.62 bits per heavy atom. The highest BCUT2D eigenvalue weighted by Crippen LogP contribution is 2.25. The van der Waals surface area contributed by atoms with Crippen molar-refractivity contribution in [3.63, 3.8) is 0 Å². The zero-order valence-electron chi connectivity index (χ0n) is 11.5. The van der Waals surface area contributed by atoms with Crippen LogP contribution in [0.25, 0.3) is 0 Å². The van der Waals surface area contributed by atoms with Crippen LogP contribution in [0, 0.1) is 5.92 Å². The minimum atomic E-state index is -3.81. The molecule has 21 heavy (non-hydrogen) atoms. The summed E-state index contributed by atoms with van der Waals surface area (Å²) in [6.07, 6.45) is 2.66. The molecule has 8 heteroatoms. The summed E-state index contributed by atoms with van der Waals surface area (Å²) in [7, 11) is -3.81. The molecule has 1 saturated heterocycles. The lowest BCUT2D eigenvalue weighted by molar-refractivity contribution is -0.117. The van der Waals surface area contributed by atoms with Crippen LogP contribution in [0.2, 0.25) is 0 Å². The lowest BCUT2D eigenvalue weighted by Gasteiger charge is -2.20. The van der Waals surface area contributed by atoms with E-state index in [1.54, 1.807) is 24.3 Å². The number of anilines is 2. The third kappa shape index (κ3) is 5.94. The number of benzene rings is 1. The summed E-state index contributed by atoms with van der Waals surface area (Å²) in [4.78, 5) is 12.0. The average Bonchev–Trinajstić information content (AvgIpc) is 2.38. The van der Waals surface area contributed by atoms with Crippen molar-refractivity contribution in [2.75, 3.05) is 21.5 Å². The van der Waals surface area contributed by atoms with E-state index in [4.69, 9.17) is 5.14 Å². The van der Waals surface area contributed by atoms with E-state index < -0.39 is 10.2 Å². The molecule has 1 aliphatic heterocycles. The number of rotatable bonds is 5. The Hall–Kier alpha value is -1.25. The van der Waals surface area contributed by atoms with Gasteiger partial charge in [-0.25, -0.2) is 5.14 Å². The lowest BCUT2D eigenvalue weighted by atomic mass is 9.98. The molecule has 0 saturated carbocycles.